The van der Waals surface area contributed by atoms with Gasteiger partial charge in [0.05, 0.1) is 12.2 Å². The summed E-state index contributed by atoms with van der Waals surface area (Å²) in [5.74, 6) is 0.466. The van der Waals surface area contributed by atoms with E-state index in [-0.39, 0.29) is 5.91 Å². The van der Waals surface area contributed by atoms with Crippen molar-refractivity contribution in [3.8, 4) is 0 Å². The number of piperazine rings is 1. The van der Waals surface area contributed by atoms with Gasteiger partial charge in [-0.05, 0) is 26.3 Å². The van der Waals surface area contributed by atoms with E-state index in [0.717, 1.165) is 18.8 Å². The van der Waals surface area contributed by atoms with Gasteiger partial charge in [-0.15, -0.1) is 0 Å². The molecule has 2 saturated heterocycles. The number of nitrogens with zero attached hydrogens (tertiary/aromatic N) is 3. The van der Waals surface area contributed by atoms with Crippen molar-refractivity contribution in [2.45, 2.75) is 53.3 Å². The zero-order valence-electron chi connectivity index (χ0n) is 18.7. The molecule has 2 aliphatic heterocycles. The Labute approximate surface area is 177 Å². The first-order chi connectivity index (χ1) is 14.2. The Hall–Kier alpha value is -1.87. The molecular formula is C21H35F3N4O2. The fraction of sp³-hybridized carbons (Fsp3) is 0.714. The Morgan fingerprint density at radius 1 is 1.17 bits per heavy atom. The Kier molecular flexibility index (Phi) is 11.1. The summed E-state index contributed by atoms with van der Waals surface area (Å²) in [4.78, 5) is 20.1. The van der Waals surface area contributed by atoms with Crippen LogP contribution in [0, 0.1) is 0 Å². The monoisotopic (exact) mass is 432 g/mol. The van der Waals surface area contributed by atoms with Gasteiger partial charge in [0.15, 0.2) is 0 Å². The van der Waals surface area contributed by atoms with Crippen LogP contribution in [0.3, 0.4) is 0 Å². The summed E-state index contributed by atoms with van der Waals surface area (Å²) >= 11 is 0. The molecule has 0 saturated carbocycles. The average molecular weight is 433 g/mol. The van der Waals surface area contributed by atoms with Crippen molar-refractivity contribution >= 4 is 11.7 Å². The number of alkyl halides is 3. The standard InChI is InChI=1S/C19H29F3N4O2.C2H6/c1-4-14(2)11-16(19(20,21)22)12-24-15(3)25-6-8-26(9-7-25)18(27)17-13-23-5-10-28-17;1-2/h11-12,17,23H,4-10,13H2,1-3H3;1-2H3/b14-11+,16-12+,24-15?;. The van der Waals surface area contributed by atoms with Gasteiger partial charge in [-0.3, -0.25) is 4.79 Å². The molecule has 0 radical (unpaired) electrons. The molecule has 2 rings (SSSR count). The van der Waals surface area contributed by atoms with E-state index in [0.29, 0.717) is 57.2 Å². The van der Waals surface area contributed by atoms with Crippen molar-refractivity contribution in [3.63, 3.8) is 0 Å². The van der Waals surface area contributed by atoms with E-state index in [1.807, 2.05) is 25.7 Å². The SMILES string of the molecule is CC.CC/C(C)=C/C(=C\N=C(C)N1CCN(C(=O)C2CNCCO2)CC1)C(F)(F)F. The highest BCUT2D eigenvalue weighted by molar-refractivity contribution is 5.83. The van der Waals surface area contributed by atoms with Crippen molar-refractivity contribution < 1.29 is 22.7 Å². The number of allylic oxidation sites excluding steroid dienone is 3. The lowest BCUT2D eigenvalue weighted by molar-refractivity contribution is -0.146. The summed E-state index contributed by atoms with van der Waals surface area (Å²) in [6.07, 6.45) is -2.34. The van der Waals surface area contributed by atoms with Crippen molar-refractivity contribution in [1.29, 1.82) is 0 Å². The van der Waals surface area contributed by atoms with Crippen LogP contribution in [0.5, 0.6) is 0 Å². The van der Waals surface area contributed by atoms with Crippen LogP contribution >= 0.6 is 0 Å². The molecule has 0 aromatic carbocycles. The number of carbonyl (C=O) groups is 1. The first-order valence-corrected chi connectivity index (χ1v) is 10.6. The lowest BCUT2D eigenvalue weighted by atomic mass is 10.1. The molecule has 2 aliphatic rings. The third-order valence-electron chi connectivity index (χ3n) is 4.93. The normalized spacial score (nSPS) is 21.9. The number of ether oxygens (including phenoxy) is 1. The number of hydrogen-bond acceptors (Lipinski definition) is 4. The van der Waals surface area contributed by atoms with Gasteiger partial charge in [-0.1, -0.05) is 26.3 Å². The van der Waals surface area contributed by atoms with Crippen LogP contribution in [0.1, 0.15) is 41.0 Å². The summed E-state index contributed by atoms with van der Waals surface area (Å²) in [5.41, 5.74) is -0.120. The number of nitrogens with one attached hydrogen (secondary N) is 1. The van der Waals surface area contributed by atoms with E-state index in [2.05, 4.69) is 10.3 Å². The molecule has 0 aliphatic carbocycles. The van der Waals surface area contributed by atoms with E-state index in [4.69, 9.17) is 4.74 Å². The smallest absolute Gasteiger partial charge is 0.366 e. The number of halogens is 3. The molecule has 0 spiro atoms. The van der Waals surface area contributed by atoms with E-state index < -0.39 is 17.9 Å². The lowest BCUT2D eigenvalue weighted by Gasteiger charge is -2.37. The summed E-state index contributed by atoms with van der Waals surface area (Å²) in [6.45, 7) is 13.0. The van der Waals surface area contributed by atoms with E-state index in [1.54, 1.807) is 18.7 Å². The Balaban J connectivity index is 0.00000218. The molecular weight excluding hydrogens is 397 g/mol. The molecule has 172 valence electrons. The summed E-state index contributed by atoms with van der Waals surface area (Å²) in [7, 11) is 0. The predicted molar refractivity (Wildman–Crippen MR) is 113 cm³/mol. The van der Waals surface area contributed by atoms with Crippen molar-refractivity contribution in [3.05, 3.63) is 23.4 Å². The number of amides is 1. The topological polar surface area (TPSA) is 57.2 Å². The van der Waals surface area contributed by atoms with Crippen molar-refractivity contribution in [1.82, 2.24) is 15.1 Å². The average Bonchev–Trinajstić information content (AvgIpc) is 2.77. The Morgan fingerprint density at radius 2 is 1.77 bits per heavy atom. The molecule has 1 N–H and O–H groups in total. The second-order valence-corrected chi connectivity index (χ2v) is 6.98. The maximum absolute atomic E-state index is 13.2. The van der Waals surface area contributed by atoms with Gasteiger partial charge in [0.1, 0.15) is 11.9 Å². The molecule has 0 bridgehead atoms. The minimum atomic E-state index is -4.45. The first-order valence-electron chi connectivity index (χ1n) is 10.6. The first kappa shape index (κ1) is 26.2. The molecule has 1 atom stereocenters. The fourth-order valence-corrected chi connectivity index (χ4v) is 2.98. The van der Waals surface area contributed by atoms with Crippen LogP contribution in [0.15, 0.2) is 28.4 Å². The van der Waals surface area contributed by atoms with Crippen LogP contribution in [0.25, 0.3) is 0 Å². The van der Waals surface area contributed by atoms with Crippen LogP contribution in [-0.2, 0) is 9.53 Å². The number of carbonyl (C=O) groups excluding carboxylic acids is 1. The number of hydrogen-bond donors (Lipinski definition) is 1. The third kappa shape index (κ3) is 8.10. The highest BCUT2D eigenvalue weighted by atomic mass is 19.4. The van der Waals surface area contributed by atoms with Gasteiger partial charge >= 0.3 is 6.18 Å². The van der Waals surface area contributed by atoms with Gasteiger partial charge in [-0.2, -0.15) is 13.2 Å². The van der Waals surface area contributed by atoms with Crippen LogP contribution in [0.4, 0.5) is 13.2 Å². The van der Waals surface area contributed by atoms with Gasteiger partial charge in [0.2, 0.25) is 0 Å². The number of amidine groups is 1. The summed E-state index contributed by atoms with van der Waals surface area (Å²) in [6, 6.07) is 0. The highest BCUT2D eigenvalue weighted by Gasteiger charge is 2.32. The molecule has 1 amide bonds. The minimum Gasteiger partial charge on any atom is -0.366 e. The van der Waals surface area contributed by atoms with E-state index in [9.17, 15) is 18.0 Å². The molecule has 9 heteroatoms. The number of rotatable bonds is 4. The predicted octanol–water partition coefficient (Wildman–Crippen LogP) is 3.37. The Bertz CT molecular complexity index is 631. The molecule has 30 heavy (non-hydrogen) atoms. The lowest BCUT2D eigenvalue weighted by Crippen LogP contribution is -2.55. The van der Waals surface area contributed by atoms with E-state index in [1.165, 1.54) is 0 Å². The Morgan fingerprint density at radius 3 is 2.27 bits per heavy atom. The zero-order chi connectivity index (χ0) is 22.7. The van der Waals surface area contributed by atoms with Crippen LogP contribution in [-0.4, -0.2) is 79.7 Å². The molecule has 0 aromatic heterocycles. The molecule has 0 aromatic rings. The minimum absolute atomic E-state index is 0.0409. The largest absolute Gasteiger partial charge is 0.417 e. The second kappa shape index (κ2) is 12.7. The molecule has 2 fully saturated rings. The molecule has 2 heterocycles. The van der Waals surface area contributed by atoms with Gasteiger partial charge in [0, 0.05) is 45.5 Å². The van der Waals surface area contributed by atoms with Gasteiger partial charge in [-0.25, -0.2) is 4.99 Å². The fourth-order valence-electron chi connectivity index (χ4n) is 2.98. The zero-order valence-corrected chi connectivity index (χ0v) is 18.7. The maximum Gasteiger partial charge on any atom is 0.417 e. The van der Waals surface area contributed by atoms with Crippen molar-refractivity contribution in [2.24, 2.45) is 4.99 Å². The molecule has 1 unspecified atom stereocenters. The number of aliphatic imine (C=N–C) groups is 1. The van der Waals surface area contributed by atoms with E-state index >= 15 is 0 Å². The molecule has 6 nitrogen and oxygen atoms in total. The van der Waals surface area contributed by atoms with Crippen molar-refractivity contribution in [2.75, 3.05) is 45.9 Å². The van der Waals surface area contributed by atoms with Crippen LogP contribution < -0.4 is 5.32 Å². The number of morpholine rings is 1. The summed E-state index contributed by atoms with van der Waals surface area (Å²) in [5, 5.41) is 3.13. The quantitative estimate of drug-likeness (QED) is 0.421. The third-order valence-corrected chi connectivity index (χ3v) is 4.93. The summed E-state index contributed by atoms with van der Waals surface area (Å²) < 4.78 is 45.0. The second-order valence-electron chi connectivity index (χ2n) is 6.98. The van der Waals surface area contributed by atoms with Crippen LogP contribution in [0.2, 0.25) is 0 Å². The highest BCUT2D eigenvalue weighted by Crippen LogP contribution is 2.28. The van der Waals surface area contributed by atoms with Gasteiger partial charge < -0.3 is 19.9 Å². The maximum atomic E-state index is 13.2. The van der Waals surface area contributed by atoms with Gasteiger partial charge in [0.25, 0.3) is 5.91 Å².